The van der Waals surface area contributed by atoms with E-state index in [2.05, 4.69) is 26.2 Å². The highest BCUT2D eigenvalue weighted by Gasteiger charge is 2.18. The molecule has 0 amide bonds. The predicted octanol–water partition coefficient (Wildman–Crippen LogP) is 3.53. The van der Waals surface area contributed by atoms with Crippen LogP contribution in [0.15, 0.2) is 24.8 Å². The average molecular weight is 252 g/mol. The number of ether oxygens (including phenoxy) is 2. The number of methoxy groups -OCH3 is 2. The summed E-state index contributed by atoms with van der Waals surface area (Å²) in [4.78, 5) is 0. The minimum atomic E-state index is -1.62. The molecule has 0 N–H and O–H groups in total. The Kier molecular flexibility index (Phi) is 4.23. The summed E-state index contributed by atoms with van der Waals surface area (Å²) >= 11 is 0. The van der Waals surface area contributed by atoms with E-state index in [-0.39, 0.29) is 0 Å². The Bertz CT molecular complexity index is 408. The molecular formula is C13H20O3Si. The quantitative estimate of drug-likeness (QED) is 0.592. The number of rotatable bonds is 5. The second-order valence-electron chi connectivity index (χ2n) is 4.71. The normalized spacial score (nSPS) is 10.9. The summed E-state index contributed by atoms with van der Waals surface area (Å²) in [6.07, 6.45) is 0. The van der Waals surface area contributed by atoms with Crippen molar-refractivity contribution in [3.8, 4) is 11.5 Å². The van der Waals surface area contributed by atoms with Crippen LogP contribution < -0.4 is 9.47 Å². The summed E-state index contributed by atoms with van der Waals surface area (Å²) in [5.74, 6) is 2.08. The molecule has 0 radical (unpaired) electrons. The van der Waals surface area contributed by atoms with E-state index in [0.29, 0.717) is 17.3 Å². The van der Waals surface area contributed by atoms with Crippen molar-refractivity contribution in [1.82, 2.24) is 0 Å². The van der Waals surface area contributed by atoms with E-state index in [1.165, 1.54) is 0 Å². The molecule has 1 aromatic carbocycles. The molecule has 17 heavy (non-hydrogen) atoms. The van der Waals surface area contributed by atoms with Crippen molar-refractivity contribution in [1.29, 1.82) is 0 Å². The van der Waals surface area contributed by atoms with E-state index in [9.17, 15) is 0 Å². The largest absolute Gasteiger partial charge is 0.544 e. The molecule has 94 valence electrons. The maximum atomic E-state index is 5.84. The van der Waals surface area contributed by atoms with Gasteiger partial charge in [-0.05, 0) is 37.8 Å². The summed E-state index contributed by atoms with van der Waals surface area (Å²) in [5.41, 5.74) is 0.921. The lowest BCUT2D eigenvalue weighted by molar-refractivity contribution is 0.354. The number of hydrogen-bond donors (Lipinski definition) is 0. The van der Waals surface area contributed by atoms with Crippen molar-refractivity contribution < 1.29 is 13.9 Å². The Morgan fingerprint density at radius 1 is 1.06 bits per heavy atom. The van der Waals surface area contributed by atoms with Crippen molar-refractivity contribution in [3.63, 3.8) is 0 Å². The van der Waals surface area contributed by atoms with Crippen molar-refractivity contribution in [2.75, 3.05) is 14.2 Å². The first-order valence-corrected chi connectivity index (χ1v) is 8.88. The average Bonchev–Trinajstić information content (AvgIpc) is 2.25. The van der Waals surface area contributed by atoms with E-state index in [1.807, 2.05) is 18.2 Å². The van der Waals surface area contributed by atoms with Crippen molar-refractivity contribution >= 4 is 14.1 Å². The van der Waals surface area contributed by atoms with E-state index in [0.717, 1.165) is 5.56 Å². The molecule has 0 saturated carbocycles. The number of benzene rings is 1. The second-order valence-corrected chi connectivity index (χ2v) is 9.14. The third-order valence-electron chi connectivity index (χ3n) is 2.13. The Morgan fingerprint density at radius 3 is 2.12 bits per heavy atom. The summed E-state index contributed by atoms with van der Waals surface area (Å²) in [6, 6.07) is 5.65. The van der Waals surface area contributed by atoms with Gasteiger partial charge < -0.3 is 13.9 Å². The highest BCUT2D eigenvalue weighted by Crippen LogP contribution is 2.31. The molecule has 0 aliphatic rings. The maximum absolute atomic E-state index is 5.84. The van der Waals surface area contributed by atoms with Crippen LogP contribution in [0.5, 0.6) is 11.5 Å². The SMILES string of the molecule is C=C(O[Si](C)(C)C)c1ccc(OC)c(OC)c1. The van der Waals surface area contributed by atoms with Gasteiger partial charge in [0.05, 0.1) is 14.2 Å². The zero-order valence-electron chi connectivity index (χ0n) is 11.2. The molecule has 0 aromatic heterocycles. The minimum absolute atomic E-state index is 0.685. The van der Waals surface area contributed by atoms with Gasteiger partial charge in [0.25, 0.3) is 0 Å². The van der Waals surface area contributed by atoms with Crippen LogP contribution in [0.1, 0.15) is 5.56 Å². The van der Waals surface area contributed by atoms with Gasteiger partial charge in [-0.3, -0.25) is 0 Å². The smallest absolute Gasteiger partial charge is 0.242 e. The molecule has 1 aromatic rings. The van der Waals surface area contributed by atoms with Gasteiger partial charge in [0.2, 0.25) is 8.32 Å². The van der Waals surface area contributed by atoms with E-state index < -0.39 is 8.32 Å². The lowest BCUT2D eigenvalue weighted by atomic mass is 10.2. The third-order valence-corrected chi connectivity index (χ3v) is 2.99. The molecule has 1 rings (SSSR count). The van der Waals surface area contributed by atoms with Crippen molar-refractivity contribution in [2.24, 2.45) is 0 Å². The van der Waals surface area contributed by atoms with Crippen LogP contribution >= 0.6 is 0 Å². The lowest BCUT2D eigenvalue weighted by Crippen LogP contribution is -2.24. The molecule has 0 atom stereocenters. The highest BCUT2D eigenvalue weighted by molar-refractivity contribution is 6.70. The van der Waals surface area contributed by atoms with Gasteiger partial charge in [-0.2, -0.15) is 0 Å². The fraction of sp³-hybridized carbons (Fsp3) is 0.385. The predicted molar refractivity (Wildman–Crippen MR) is 73.0 cm³/mol. The number of hydrogen-bond acceptors (Lipinski definition) is 3. The van der Waals surface area contributed by atoms with Gasteiger partial charge >= 0.3 is 0 Å². The van der Waals surface area contributed by atoms with Gasteiger partial charge in [0.1, 0.15) is 5.76 Å². The monoisotopic (exact) mass is 252 g/mol. The fourth-order valence-corrected chi connectivity index (χ4v) is 2.30. The molecule has 0 saturated heterocycles. The molecule has 0 aliphatic carbocycles. The Morgan fingerprint density at radius 2 is 1.65 bits per heavy atom. The fourth-order valence-electron chi connectivity index (χ4n) is 1.44. The van der Waals surface area contributed by atoms with E-state index >= 15 is 0 Å². The van der Waals surface area contributed by atoms with E-state index in [1.54, 1.807) is 14.2 Å². The summed E-state index contributed by atoms with van der Waals surface area (Å²) < 4.78 is 16.3. The van der Waals surface area contributed by atoms with Crippen LogP contribution in [0.4, 0.5) is 0 Å². The zero-order valence-corrected chi connectivity index (χ0v) is 12.2. The first-order valence-electron chi connectivity index (χ1n) is 5.47. The Hall–Kier alpha value is -1.42. The van der Waals surface area contributed by atoms with Gasteiger partial charge in [0.15, 0.2) is 11.5 Å². The molecule has 3 nitrogen and oxygen atoms in total. The van der Waals surface area contributed by atoms with Crippen molar-refractivity contribution in [2.45, 2.75) is 19.6 Å². The van der Waals surface area contributed by atoms with Gasteiger partial charge in [0, 0.05) is 5.56 Å². The van der Waals surface area contributed by atoms with Crippen LogP contribution in [0, 0.1) is 0 Å². The first-order chi connectivity index (χ1) is 7.87. The minimum Gasteiger partial charge on any atom is -0.544 e. The van der Waals surface area contributed by atoms with Crippen LogP contribution in [-0.2, 0) is 4.43 Å². The zero-order chi connectivity index (χ0) is 13.1. The summed E-state index contributed by atoms with van der Waals surface area (Å²) in [5, 5.41) is 0. The lowest BCUT2D eigenvalue weighted by Gasteiger charge is -2.21. The van der Waals surface area contributed by atoms with Crippen LogP contribution in [-0.4, -0.2) is 22.5 Å². The first kappa shape index (κ1) is 13.6. The summed E-state index contributed by atoms with van der Waals surface area (Å²) in [6.45, 7) is 10.3. The van der Waals surface area contributed by atoms with Gasteiger partial charge in [-0.15, -0.1) is 0 Å². The molecule has 0 fully saturated rings. The molecule has 4 heteroatoms. The molecule has 0 heterocycles. The summed E-state index contributed by atoms with van der Waals surface area (Å²) in [7, 11) is 1.61. The molecule has 0 spiro atoms. The van der Waals surface area contributed by atoms with E-state index in [4.69, 9.17) is 13.9 Å². The van der Waals surface area contributed by atoms with Crippen LogP contribution in [0.25, 0.3) is 5.76 Å². The molecule has 0 bridgehead atoms. The van der Waals surface area contributed by atoms with Crippen LogP contribution in [0.2, 0.25) is 19.6 Å². The third kappa shape index (κ3) is 3.82. The Labute approximate surface area is 104 Å². The topological polar surface area (TPSA) is 27.7 Å². The second kappa shape index (κ2) is 5.27. The van der Waals surface area contributed by atoms with Gasteiger partial charge in [-0.25, -0.2) is 0 Å². The maximum Gasteiger partial charge on any atom is 0.242 e. The Balaban J connectivity index is 2.96. The highest BCUT2D eigenvalue weighted by atomic mass is 28.4. The van der Waals surface area contributed by atoms with Gasteiger partial charge in [-0.1, -0.05) is 6.58 Å². The molecule has 0 unspecified atom stereocenters. The van der Waals surface area contributed by atoms with Crippen LogP contribution in [0.3, 0.4) is 0 Å². The standard InChI is InChI=1S/C13H20O3Si/c1-10(16-17(4,5)6)11-7-8-12(14-2)13(9-11)15-3/h7-9H,1H2,2-6H3. The molecular weight excluding hydrogens is 232 g/mol. The van der Waals surface area contributed by atoms with Crippen molar-refractivity contribution in [3.05, 3.63) is 30.3 Å². The molecule has 0 aliphatic heterocycles.